The van der Waals surface area contributed by atoms with Gasteiger partial charge in [-0.1, -0.05) is 17.7 Å². The Kier molecular flexibility index (Phi) is 3.70. The molecule has 0 amide bonds. The van der Waals surface area contributed by atoms with E-state index in [0.29, 0.717) is 0 Å². The normalized spacial score (nSPS) is 10.7. The second-order valence-electron chi connectivity index (χ2n) is 4.74. The van der Waals surface area contributed by atoms with Crippen LogP contribution in [0, 0.1) is 20.8 Å². The van der Waals surface area contributed by atoms with Crippen molar-refractivity contribution in [2.45, 2.75) is 40.8 Å². The molecule has 2 rings (SSSR count). The molecule has 0 aliphatic heterocycles. The summed E-state index contributed by atoms with van der Waals surface area (Å²) in [6.45, 7) is 10.2. The van der Waals surface area contributed by atoms with E-state index in [2.05, 4.69) is 56.3 Å². The Bertz CT molecular complexity index is 541. The highest BCUT2D eigenvalue weighted by Gasteiger charge is 2.05. The van der Waals surface area contributed by atoms with Gasteiger partial charge in [0.1, 0.15) is 0 Å². The van der Waals surface area contributed by atoms with Gasteiger partial charge in [0, 0.05) is 30.0 Å². The van der Waals surface area contributed by atoms with Gasteiger partial charge in [-0.2, -0.15) is 5.10 Å². The number of anilines is 1. The summed E-state index contributed by atoms with van der Waals surface area (Å²) >= 11 is 0. The van der Waals surface area contributed by atoms with Gasteiger partial charge < -0.3 is 5.32 Å². The van der Waals surface area contributed by atoms with Crippen molar-refractivity contribution in [3.63, 3.8) is 0 Å². The van der Waals surface area contributed by atoms with Crippen molar-refractivity contribution in [3.05, 3.63) is 46.8 Å². The van der Waals surface area contributed by atoms with Gasteiger partial charge in [0.2, 0.25) is 0 Å². The Labute approximate surface area is 109 Å². The molecule has 0 radical (unpaired) electrons. The van der Waals surface area contributed by atoms with Crippen LogP contribution in [0.25, 0.3) is 0 Å². The Morgan fingerprint density at radius 3 is 2.61 bits per heavy atom. The molecule has 3 nitrogen and oxygen atoms in total. The Hall–Kier alpha value is -1.77. The van der Waals surface area contributed by atoms with E-state index in [1.54, 1.807) is 0 Å². The van der Waals surface area contributed by atoms with Crippen LogP contribution >= 0.6 is 0 Å². The fraction of sp³-hybridized carbons (Fsp3) is 0.400. The lowest BCUT2D eigenvalue weighted by molar-refractivity contribution is 0.638. The van der Waals surface area contributed by atoms with Crippen LogP contribution < -0.4 is 5.32 Å². The first-order valence-corrected chi connectivity index (χ1v) is 6.44. The fourth-order valence-electron chi connectivity index (χ4n) is 2.18. The van der Waals surface area contributed by atoms with Crippen LogP contribution in [0.5, 0.6) is 0 Å². The van der Waals surface area contributed by atoms with E-state index < -0.39 is 0 Å². The zero-order valence-corrected chi connectivity index (χ0v) is 11.6. The third kappa shape index (κ3) is 2.55. The minimum Gasteiger partial charge on any atom is -0.381 e. The van der Waals surface area contributed by atoms with Crippen molar-refractivity contribution in [2.24, 2.45) is 0 Å². The summed E-state index contributed by atoms with van der Waals surface area (Å²) in [7, 11) is 0. The molecule has 0 unspecified atom stereocenters. The second kappa shape index (κ2) is 5.25. The van der Waals surface area contributed by atoms with Gasteiger partial charge >= 0.3 is 0 Å². The van der Waals surface area contributed by atoms with Crippen molar-refractivity contribution < 1.29 is 0 Å². The molecule has 1 aromatic heterocycles. The minimum absolute atomic E-state index is 0.829. The van der Waals surface area contributed by atoms with Crippen LogP contribution in [-0.2, 0) is 13.1 Å². The molecule has 0 saturated heterocycles. The first kappa shape index (κ1) is 12.7. The number of nitrogens with zero attached hydrogens (tertiary/aromatic N) is 2. The SMILES string of the molecule is CCn1ncc(CNc2ccc(C)cc2C)c1C. The maximum absolute atomic E-state index is 4.36. The van der Waals surface area contributed by atoms with Gasteiger partial charge in [0.05, 0.1) is 6.20 Å². The number of hydrogen-bond acceptors (Lipinski definition) is 2. The van der Waals surface area contributed by atoms with Gasteiger partial charge in [0.15, 0.2) is 0 Å². The van der Waals surface area contributed by atoms with E-state index in [9.17, 15) is 0 Å². The Balaban J connectivity index is 2.09. The van der Waals surface area contributed by atoms with Crippen LogP contribution in [0.1, 0.15) is 29.3 Å². The summed E-state index contributed by atoms with van der Waals surface area (Å²) < 4.78 is 2.03. The molecule has 0 spiro atoms. The molecular formula is C15H21N3. The molecule has 0 aliphatic rings. The van der Waals surface area contributed by atoms with Crippen molar-refractivity contribution >= 4 is 5.69 Å². The second-order valence-corrected chi connectivity index (χ2v) is 4.74. The summed E-state index contributed by atoms with van der Waals surface area (Å²) in [6.07, 6.45) is 1.95. The molecule has 1 N–H and O–H groups in total. The first-order valence-electron chi connectivity index (χ1n) is 6.44. The van der Waals surface area contributed by atoms with E-state index in [0.717, 1.165) is 13.1 Å². The zero-order chi connectivity index (χ0) is 13.1. The highest BCUT2D eigenvalue weighted by atomic mass is 15.3. The number of rotatable bonds is 4. The van der Waals surface area contributed by atoms with Gasteiger partial charge in [-0.15, -0.1) is 0 Å². The predicted molar refractivity (Wildman–Crippen MR) is 75.9 cm³/mol. The van der Waals surface area contributed by atoms with E-state index >= 15 is 0 Å². The monoisotopic (exact) mass is 243 g/mol. The lowest BCUT2D eigenvalue weighted by atomic mass is 10.1. The Morgan fingerprint density at radius 2 is 2.00 bits per heavy atom. The topological polar surface area (TPSA) is 29.9 Å². The Morgan fingerprint density at radius 1 is 1.22 bits per heavy atom. The first-order chi connectivity index (χ1) is 8.61. The molecule has 0 atom stereocenters. The molecular weight excluding hydrogens is 222 g/mol. The van der Waals surface area contributed by atoms with E-state index in [1.165, 1.54) is 28.1 Å². The molecule has 1 aromatic carbocycles. The van der Waals surface area contributed by atoms with Gasteiger partial charge in [-0.05, 0) is 39.3 Å². The summed E-state index contributed by atoms with van der Waals surface area (Å²) in [5.74, 6) is 0. The summed E-state index contributed by atoms with van der Waals surface area (Å²) in [4.78, 5) is 0. The van der Waals surface area contributed by atoms with Crippen molar-refractivity contribution in [2.75, 3.05) is 5.32 Å². The standard InChI is InChI=1S/C15H21N3/c1-5-18-13(4)14(10-17-18)9-16-15-7-6-11(2)8-12(15)3/h6-8,10,16H,5,9H2,1-4H3. The maximum Gasteiger partial charge on any atom is 0.0542 e. The zero-order valence-electron chi connectivity index (χ0n) is 11.6. The fourth-order valence-corrected chi connectivity index (χ4v) is 2.18. The lowest BCUT2D eigenvalue weighted by Crippen LogP contribution is -2.04. The van der Waals surface area contributed by atoms with Crippen LogP contribution in [0.4, 0.5) is 5.69 Å². The van der Waals surface area contributed by atoms with E-state index in [4.69, 9.17) is 0 Å². The number of benzene rings is 1. The number of hydrogen-bond donors (Lipinski definition) is 1. The molecule has 18 heavy (non-hydrogen) atoms. The van der Waals surface area contributed by atoms with E-state index in [1.807, 2.05) is 10.9 Å². The molecule has 0 fully saturated rings. The summed E-state index contributed by atoms with van der Waals surface area (Å²) in [6, 6.07) is 6.48. The number of aryl methyl sites for hydroxylation is 3. The van der Waals surface area contributed by atoms with Crippen LogP contribution in [-0.4, -0.2) is 9.78 Å². The predicted octanol–water partition coefficient (Wildman–Crippen LogP) is 3.44. The molecule has 1 heterocycles. The molecule has 0 saturated carbocycles. The van der Waals surface area contributed by atoms with Gasteiger partial charge in [0.25, 0.3) is 0 Å². The van der Waals surface area contributed by atoms with Crippen LogP contribution in [0.15, 0.2) is 24.4 Å². The van der Waals surface area contributed by atoms with E-state index in [-0.39, 0.29) is 0 Å². The summed E-state index contributed by atoms with van der Waals surface area (Å²) in [5.41, 5.74) is 6.29. The quantitative estimate of drug-likeness (QED) is 0.891. The third-order valence-electron chi connectivity index (χ3n) is 3.36. The average Bonchev–Trinajstić information content (AvgIpc) is 2.69. The molecule has 96 valence electrons. The highest BCUT2D eigenvalue weighted by Crippen LogP contribution is 2.17. The lowest BCUT2D eigenvalue weighted by Gasteiger charge is -2.10. The molecule has 2 aromatic rings. The summed E-state index contributed by atoms with van der Waals surface area (Å²) in [5, 5.41) is 7.84. The highest BCUT2D eigenvalue weighted by molar-refractivity contribution is 5.52. The van der Waals surface area contributed by atoms with Crippen molar-refractivity contribution in [1.29, 1.82) is 0 Å². The van der Waals surface area contributed by atoms with Gasteiger partial charge in [-0.3, -0.25) is 4.68 Å². The number of aromatic nitrogens is 2. The molecule has 3 heteroatoms. The van der Waals surface area contributed by atoms with Crippen LogP contribution in [0.2, 0.25) is 0 Å². The average molecular weight is 243 g/mol. The number of nitrogens with one attached hydrogen (secondary N) is 1. The minimum atomic E-state index is 0.829. The van der Waals surface area contributed by atoms with Crippen molar-refractivity contribution in [3.8, 4) is 0 Å². The smallest absolute Gasteiger partial charge is 0.0542 e. The van der Waals surface area contributed by atoms with Crippen molar-refractivity contribution in [1.82, 2.24) is 9.78 Å². The largest absolute Gasteiger partial charge is 0.381 e. The maximum atomic E-state index is 4.36. The molecule has 0 aliphatic carbocycles. The van der Waals surface area contributed by atoms with Crippen LogP contribution in [0.3, 0.4) is 0 Å². The van der Waals surface area contributed by atoms with Gasteiger partial charge in [-0.25, -0.2) is 0 Å². The molecule has 0 bridgehead atoms. The third-order valence-corrected chi connectivity index (χ3v) is 3.36.